The predicted molar refractivity (Wildman–Crippen MR) is 112 cm³/mol. The van der Waals surface area contributed by atoms with Crippen molar-refractivity contribution >= 4 is 28.8 Å². The maximum absolute atomic E-state index is 13.0. The van der Waals surface area contributed by atoms with E-state index >= 15 is 0 Å². The van der Waals surface area contributed by atoms with E-state index in [1.54, 1.807) is 13.0 Å². The number of benzene rings is 2. The molecule has 0 bridgehead atoms. The molecule has 2 aromatic carbocycles. The first kappa shape index (κ1) is 18.9. The van der Waals surface area contributed by atoms with Crippen molar-refractivity contribution in [1.82, 2.24) is 9.97 Å². The molecule has 1 saturated heterocycles. The topological polar surface area (TPSA) is 70.2 Å². The van der Waals surface area contributed by atoms with Crippen molar-refractivity contribution in [1.29, 1.82) is 0 Å². The number of amides is 1. The summed E-state index contributed by atoms with van der Waals surface area (Å²) >= 11 is 0. The van der Waals surface area contributed by atoms with E-state index in [1.165, 1.54) is 42.8 Å². The highest BCUT2D eigenvalue weighted by Gasteiger charge is 2.13. The molecule has 0 saturated carbocycles. The van der Waals surface area contributed by atoms with Gasteiger partial charge in [0.1, 0.15) is 23.2 Å². The Morgan fingerprint density at radius 2 is 1.62 bits per heavy atom. The summed E-state index contributed by atoms with van der Waals surface area (Å²) < 4.78 is 13.0. The second-order valence-corrected chi connectivity index (χ2v) is 7.01. The van der Waals surface area contributed by atoms with Crippen LogP contribution in [0.2, 0.25) is 0 Å². The molecule has 29 heavy (non-hydrogen) atoms. The molecule has 3 aromatic rings. The Hall–Kier alpha value is -3.48. The van der Waals surface area contributed by atoms with Crippen molar-refractivity contribution in [2.45, 2.75) is 19.8 Å². The van der Waals surface area contributed by atoms with Crippen LogP contribution < -0.4 is 15.5 Å². The van der Waals surface area contributed by atoms with Crippen LogP contribution in [0.4, 0.5) is 27.3 Å². The highest BCUT2D eigenvalue weighted by molar-refractivity contribution is 6.03. The van der Waals surface area contributed by atoms with Gasteiger partial charge in [0.15, 0.2) is 0 Å². The molecule has 1 aromatic heterocycles. The number of nitrogens with one attached hydrogen (secondary N) is 2. The van der Waals surface area contributed by atoms with Gasteiger partial charge in [-0.1, -0.05) is 0 Å². The quantitative estimate of drug-likeness (QED) is 0.669. The average molecular weight is 391 g/mol. The minimum Gasteiger partial charge on any atom is -0.372 e. The molecule has 2 N–H and O–H groups in total. The highest BCUT2D eigenvalue weighted by atomic mass is 19.1. The van der Waals surface area contributed by atoms with Crippen molar-refractivity contribution < 1.29 is 9.18 Å². The van der Waals surface area contributed by atoms with Gasteiger partial charge in [0.05, 0.1) is 0 Å². The molecule has 2 heterocycles. The fourth-order valence-electron chi connectivity index (χ4n) is 3.36. The molecule has 0 radical (unpaired) electrons. The third kappa shape index (κ3) is 4.68. The summed E-state index contributed by atoms with van der Waals surface area (Å²) in [7, 11) is 0. The molecule has 1 fully saturated rings. The minimum absolute atomic E-state index is 0.234. The monoisotopic (exact) mass is 391 g/mol. The normalized spacial score (nSPS) is 13.4. The lowest BCUT2D eigenvalue weighted by Gasteiger charge is -2.18. The Morgan fingerprint density at radius 1 is 0.966 bits per heavy atom. The second-order valence-electron chi connectivity index (χ2n) is 7.01. The maximum atomic E-state index is 13.0. The van der Waals surface area contributed by atoms with Gasteiger partial charge in [0, 0.05) is 36.2 Å². The Kier molecular flexibility index (Phi) is 5.37. The summed E-state index contributed by atoms with van der Waals surface area (Å²) in [5, 5.41) is 5.94. The molecule has 1 aliphatic heterocycles. The summed E-state index contributed by atoms with van der Waals surface area (Å²) in [5.41, 5.74) is 2.83. The average Bonchev–Trinajstić information content (AvgIpc) is 3.25. The predicted octanol–water partition coefficient (Wildman–Crippen LogP) is 4.52. The Morgan fingerprint density at radius 3 is 2.31 bits per heavy atom. The molecule has 0 aliphatic carbocycles. The molecule has 148 valence electrons. The van der Waals surface area contributed by atoms with Crippen LogP contribution in [0.5, 0.6) is 0 Å². The van der Waals surface area contributed by atoms with Gasteiger partial charge in [-0.3, -0.25) is 4.79 Å². The van der Waals surface area contributed by atoms with E-state index in [-0.39, 0.29) is 17.4 Å². The van der Waals surface area contributed by atoms with E-state index in [2.05, 4.69) is 37.6 Å². The van der Waals surface area contributed by atoms with Crippen LogP contribution in [-0.4, -0.2) is 29.0 Å². The lowest BCUT2D eigenvalue weighted by atomic mass is 10.2. The highest BCUT2D eigenvalue weighted by Crippen LogP contribution is 2.23. The zero-order valence-electron chi connectivity index (χ0n) is 16.2. The van der Waals surface area contributed by atoms with Gasteiger partial charge in [-0.25, -0.2) is 14.4 Å². The van der Waals surface area contributed by atoms with Gasteiger partial charge >= 0.3 is 0 Å². The standard InChI is InChI=1S/C22H22FN5O/c1-15-24-20(22(29)27-18-6-4-16(23)5-7-18)14-21(25-15)26-17-8-10-19(11-9-17)28-12-2-3-13-28/h4-11,14H,2-3,12-13H2,1H3,(H,27,29)(H,24,25,26). The molecule has 4 rings (SSSR count). The molecular formula is C22H22FN5O. The number of aromatic nitrogens is 2. The third-order valence-corrected chi connectivity index (χ3v) is 4.78. The summed E-state index contributed by atoms with van der Waals surface area (Å²) in [6, 6.07) is 15.4. The lowest BCUT2D eigenvalue weighted by molar-refractivity contribution is 0.102. The van der Waals surface area contributed by atoms with Crippen molar-refractivity contribution in [3.63, 3.8) is 0 Å². The zero-order valence-corrected chi connectivity index (χ0v) is 16.2. The third-order valence-electron chi connectivity index (χ3n) is 4.78. The lowest BCUT2D eigenvalue weighted by Crippen LogP contribution is -2.17. The first-order valence-electron chi connectivity index (χ1n) is 9.61. The fourth-order valence-corrected chi connectivity index (χ4v) is 3.36. The maximum Gasteiger partial charge on any atom is 0.274 e. The van der Waals surface area contributed by atoms with Crippen LogP contribution in [0.25, 0.3) is 0 Å². The van der Waals surface area contributed by atoms with Crippen molar-refractivity contribution in [3.05, 3.63) is 71.9 Å². The SMILES string of the molecule is Cc1nc(Nc2ccc(N3CCCC3)cc2)cc(C(=O)Nc2ccc(F)cc2)n1. The van der Waals surface area contributed by atoms with Gasteiger partial charge in [-0.2, -0.15) is 0 Å². The largest absolute Gasteiger partial charge is 0.372 e. The van der Waals surface area contributed by atoms with Gasteiger partial charge in [-0.15, -0.1) is 0 Å². The Labute approximate surface area is 168 Å². The van der Waals surface area contributed by atoms with E-state index in [1.807, 2.05) is 12.1 Å². The summed E-state index contributed by atoms with van der Waals surface area (Å²) in [5.74, 6) is 0.279. The molecular weight excluding hydrogens is 369 g/mol. The molecule has 1 amide bonds. The summed E-state index contributed by atoms with van der Waals surface area (Å²) in [6.45, 7) is 3.94. The number of nitrogens with zero attached hydrogens (tertiary/aromatic N) is 3. The van der Waals surface area contributed by atoms with Crippen LogP contribution in [0.3, 0.4) is 0 Å². The number of aryl methyl sites for hydroxylation is 1. The molecule has 1 aliphatic rings. The van der Waals surface area contributed by atoms with Crippen LogP contribution >= 0.6 is 0 Å². The second kappa shape index (κ2) is 8.26. The van der Waals surface area contributed by atoms with E-state index in [4.69, 9.17) is 0 Å². The smallest absolute Gasteiger partial charge is 0.274 e. The fraction of sp³-hybridized carbons (Fsp3) is 0.227. The first-order chi connectivity index (χ1) is 14.1. The van der Waals surface area contributed by atoms with Crippen LogP contribution in [0.1, 0.15) is 29.2 Å². The molecule has 7 heteroatoms. The number of halogens is 1. The van der Waals surface area contributed by atoms with E-state index in [0.717, 1.165) is 18.8 Å². The minimum atomic E-state index is -0.380. The number of hydrogen-bond donors (Lipinski definition) is 2. The number of anilines is 4. The van der Waals surface area contributed by atoms with Gasteiger partial charge < -0.3 is 15.5 Å². The first-order valence-corrected chi connectivity index (χ1v) is 9.61. The molecule has 0 atom stereocenters. The number of carbonyl (C=O) groups is 1. The zero-order chi connectivity index (χ0) is 20.2. The summed E-state index contributed by atoms with van der Waals surface area (Å²) in [4.78, 5) is 23.5. The van der Waals surface area contributed by atoms with Gasteiger partial charge in [0.2, 0.25) is 0 Å². The number of carbonyl (C=O) groups excluding carboxylic acids is 1. The molecule has 0 spiro atoms. The molecule has 0 unspecified atom stereocenters. The van der Waals surface area contributed by atoms with Crippen LogP contribution in [0, 0.1) is 12.7 Å². The van der Waals surface area contributed by atoms with Crippen molar-refractivity contribution in [2.75, 3.05) is 28.6 Å². The van der Waals surface area contributed by atoms with E-state index < -0.39 is 0 Å². The van der Waals surface area contributed by atoms with E-state index in [9.17, 15) is 9.18 Å². The molecule has 6 nitrogen and oxygen atoms in total. The summed E-state index contributed by atoms with van der Waals surface area (Å²) in [6.07, 6.45) is 2.48. The van der Waals surface area contributed by atoms with Crippen molar-refractivity contribution in [3.8, 4) is 0 Å². The Bertz CT molecular complexity index is 999. The van der Waals surface area contributed by atoms with Gasteiger partial charge in [-0.05, 0) is 68.3 Å². The van der Waals surface area contributed by atoms with Gasteiger partial charge in [0.25, 0.3) is 5.91 Å². The number of rotatable bonds is 5. The van der Waals surface area contributed by atoms with Crippen LogP contribution in [0.15, 0.2) is 54.6 Å². The van der Waals surface area contributed by atoms with E-state index in [0.29, 0.717) is 17.3 Å². The van der Waals surface area contributed by atoms with Crippen molar-refractivity contribution in [2.24, 2.45) is 0 Å². The number of hydrogen-bond acceptors (Lipinski definition) is 5. The van der Waals surface area contributed by atoms with Crippen LogP contribution in [-0.2, 0) is 0 Å². The Balaban J connectivity index is 1.47.